The Balaban J connectivity index is 1.81. The fraction of sp³-hybridized carbons (Fsp3) is 0.867. The van der Waals surface area contributed by atoms with Crippen LogP contribution in [0.5, 0.6) is 0 Å². The van der Waals surface area contributed by atoms with Gasteiger partial charge in [0, 0.05) is 25.9 Å². The Bertz CT molecular complexity index is 351. The summed E-state index contributed by atoms with van der Waals surface area (Å²) in [6.07, 6.45) is 5.98. The lowest BCUT2D eigenvalue weighted by Crippen LogP contribution is -2.48. The monoisotopic (exact) mass is 282 g/mol. The molecule has 5 heteroatoms. The molecule has 1 aliphatic heterocycles. The second kappa shape index (κ2) is 7.07. The third kappa shape index (κ3) is 3.95. The van der Waals surface area contributed by atoms with Gasteiger partial charge in [0.05, 0.1) is 12.1 Å². The minimum Gasteiger partial charge on any atom is -0.391 e. The lowest BCUT2D eigenvalue weighted by molar-refractivity contribution is -0.134. The van der Waals surface area contributed by atoms with Crippen molar-refractivity contribution in [3.8, 4) is 0 Å². The van der Waals surface area contributed by atoms with Crippen molar-refractivity contribution >= 4 is 11.8 Å². The molecule has 2 unspecified atom stereocenters. The molecule has 1 saturated carbocycles. The standard InChI is InChI=1S/C15H26N2O3/c1-11(18)17-9-7-12(8-10-17)15(20)16-13-5-3-2-4-6-14(13)19/h12-14,19H,2-10H2,1H3,(H,16,20). The molecule has 0 spiro atoms. The summed E-state index contributed by atoms with van der Waals surface area (Å²) in [6.45, 7) is 2.91. The number of likely N-dealkylation sites (tertiary alicyclic amines) is 1. The predicted octanol–water partition coefficient (Wildman–Crippen LogP) is 1.05. The van der Waals surface area contributed by atoms with E-state index in [1.54, 1.807) is 11.8 Å². The maximum atomic E-state index is 12.3. The van der Waals surface area contributed by atoms with Gasteiger partial charge in [-0.1, -0.05) is 19.3 Å². The fourth-order valence-corrected chi connectivity index (χ4v) is 3.21. The van der Waals surface area contributed by atoms with Gasteiger partial charge >= 0.3 is 0 Å². The topological polar surface area (TPSA) is 69.6 Å². The Labute approximate surface area is 120 Å². The van der Waals surface area contributed by atoms with Crippen LogP contribution in [0.2, 0.25) is 0 Å². The average Bonchev–Trinajstić information content (AvgIpc) is 2.64. The van der Waals surface area contributed by atoms with Gasteiger partial charge in [-0.05, 0) is 25.7 Å². The van der Waals surface area contributed by atoms with Crippen molar-refractivity contribution in [3.05, 3.63) is 0 Å². The molecule has 0 aromatic carbocycles. The van der Waals surface area contributed by atoms with Gasteiger partial charge in [-0.2, -0.15) is 0 Å². The molecule has 2 fully saturated rings. The van der Waals surface area contributed by atoms with E-state index in [2.05, 4.69) is 5.32 Å². The molecule has 1 aliphatic carbocycles. The molecule has 0 bridgehead atoms. The van der Waals surface area contributed by atoms with Gasteiger partial charge < -0.3 is 15.3 Å². The predicted molar refractivity (Wildman–Crippen MR) is 76.0 cm³/mol. The van der Waals surface area contributed by atoms with Crippen molar-refractivity contribution in [3.63, 3.8) is 0 Å². The SMILES string of the molecule is CC(=O)N1CCC(C(=O)NC2CCCCCC2O)CC1. The molecule has 0 radical (unpaired) electrons. The summed E-state index contributed by atoms with van der Waals surface area (Å²) in [5.41, 5.74) is 0. The van der Waals surface area contributed by atoms with E-state index in [9.17, 15) is 14.7 Å². The minimum absolute atomic E-state index is 0.0129. The van der Waals surface area contributed by atoms with Gasteiger partial charge in [-0.3, -0.25) is 9.59 Å². The fourth-order valence-electron chi connectivity index (χ4n) is 3.21. The van der Waals surface area contributed by atoms with E-state index in [4.69, 9.17) is 0 Å². The summed E-state index contributed by atoms with van der Waals surface area (Å²) in [6, 6.07) is -0.0872. The number of hydrogen-bond acceptors (Lipinski definition) is 3. The summed E-state index contributed by atoms with van der Waals surface area (Å²) in [5.74, 6) is 0.128. The van der Waals surface area contributed by atoms with Crippen molar-refractivity contribution in [2.75, 3.05) is 13.1 Å². The quantitative estimate of drug-likeness (QED) is 0.744. The van der Waals surface area contributed by atoms with Gasteiger partial charge in [-0.25, -0.2) is 0 Å². The van der Waals surface area contributed by atoms with Crippen molar-refractivity contribution in [2.45, 2.75) is 64.0 Å². The maximum Gasteiger partial charge on any atom is 0.223 e. The number of carbonyl (C=O) groups excluding carboxylic acids is 2. The van der Waals surface area contributed by atoms with Gasteiger partial charge in [0.1, 0.15) is 0 Å². The first-order valence-corrected chi connectivity index (χ1v) is 7.82. The average molecular weight is 282 g/mol. The Kier molecular flexibility index (Phi) is 5.40. The van der Waals surface area contributed by atoms with Crippen molar-refractivity contribution < 1.29 is 14.7 Å². The van der Waals surface area contributed by atoms with Crippen LogP contribution in [0.15, 0.2) is 0 Å². The molecular weight excluding hydrogens is 256 g/mol. The maximum absolute atomic E-state index is 12.3. The molecule has 0 aromatic rings. The van der Waals surface area contributed by atoms with Crippen LogP contribution >= 0.6 is 0 Å². The van der Waals surface area contributed by atoms with Gasteiger partial charge in [0.15, 0.2) is 0 Å². The highest BCUT2D eigenvalue weighted by Crippen LogP contribution is 2.21. The highest BCUT2D eigenvalue weighted by molar-refractivity contribution is 5.80. The normalized spacial score (nSPS) is 28.8. The Morgan fingerprint density at radius 3 is 2.35 bits per heavy atom. The Morgan fingerprint density at radius 1 is 1.05 bits per heavy atom. The third-order valence-electron chi connectivity index (χ3n) is 4.62. The molecule has 2 atom stereocenters. The van der Waals surface area contributed by atoms with Crippen LogP contribution < -0.4 is 5.32 Å². The lowest BCUT2D eigenvalue weighted by atomic mass is 9.94. The molecule has 114 valence electrons. The first-order valence-electron chi connectivity index (χ1n) is 7.82. The zero-order chi connectivity index (χ0) is 14.5. The van der Waals surface area contributed by atoms with E-state index in [1.807, 2.05) is 0 Å². The molecule has 5 nitrogen and oxygen atoms in total. The largest absolute Gasteiger partial charge is 0.391 e. The van der Waals surface area contributed by atoms with Gasteiger partial charge in [0.25, 0.3) is 0 Å². The van der Waals surface area contributed by atoms with E-state index in [0.717, 1.165) is 44.9 Å². The van der Waals surface area contributed by atoms with E-state index in [0.29, 0.717) is 13.1 Å². The molecule has 0 aromatic heterocycles. The number of piperidine rings is 1. The summed E-state index contributed by atoms with van der Waals surface area (Å²) in [4.78, 5) is 25.3. The first-order chi connectivity index (χ1) is 9.58. The zero-order valence-electron chi connectivity index (χ0n) is 12.3. The molecule has 2 aliphatic rings. The van der Waals surface area contributed by atoms with Crippen LogP contribution in [-0.2, 0) is 9.59 Å². The summed E-state index contributed by atoms with van der Waals surface area (Å²) < 4.78 is 0. The molecule has 20 heavy (non-hydrogen) atoms. The van der Waals surface area contributed by atoms with Gasteiger partial charge in [0.2, 0.25) is 11.8 Å². The minimum atomic E-state index is -0.404. The van der Waals surface area contributed by atoms with E-state index < -0.39 is 6.10 Å². The van der Waals surface area contributed by atoms with Crippen molar-refractivity contribution in [1.29, 1.82) is 0 Å². The van der Waals surface area contributed by atoms with Crippen LogP contribution in [0.1, 0.15) is 51.9 Å². The molecule has 2 rings (SSSR count). The van der Waals surface area contributed by atoms with Crippen LogP contribution in [0.3, 0.4) is 0 Å². The van der Waals surface area contributed by atoms with Gasteiger partial charge in [-0.15, -0.1) is 0 Å². The third-order valence-corrected chi connectivity index (χ3v) is 4.62. The summed E-state index contributed by atoms with van der Waals surface area (Å²) in [5, 5.41) is 13.1. The lowest BCUT2D eigenvalue weighted by Gasteiger charge is -2.32. The van der Waals surface area contributed by atoms with E-state index >= 15 is 0 Å². The highest BCUT2D eigenvalue weighted by atomic mass is 16.3. The number of aliphatic hydroxyl groups excluding tert-OH is 1. The highest BCUT2D eigenvalue weighted by Gasteiger charge is 2.29. The molecule has 1 heterocycles. The van der Waals surface area contributed by atoms with Crippen LogP contribution in [0, 0.1) is 5.92 Å². The number of rotatable bonds is 2. The van der Waals surface area contributed by atoms with Crippen molar-refractivity contribution in [1.82, 2.24) is 10.2 Å². The van der Waals surface area contributed by atoms with Crippen molar-refractivity contribution in [2.24, 2.45) is 5.92 Å². The molecule has 2 N–H and O–H groups in total. The number of nitrogens with zero attached hydrogens (tertiary/aromatic N) is 1. The Hall–Kier alpha value is -1.10. The van der Waals surface area contributed by atoms with Crippen LogP contribution in [0.4, 0.5) is 0 Å². The number of amides is 2. The molecule has 1 saturated heterocycles. The summed E-state index contributed by atoms with van der Waals surface area (Å²) in [7, 11) is 0. The number of carbonyl (C=O) groups is 2. The van der Waals surface area contributed by atoms with Crippen LogP contribution in [0.25, 0.3) is 0 Å². The second-order valence-electron chi connectivity index (χ2n) is 6.10. The zero-order valence-corrected chi connectivity index (χ0v) is 12.3. The van der Waals surface area contributed by atoms with Crippen LogP contribution in [-0.4, -0.2) is 47.1 Å². The summed E-state index contributed by atoms with van der Waals surface area (Å²) >= 11 is 0. The number of nitrogens with one attached hydrogen (secondary N) is 1. The van der Waals surface area contributed by atoms with E-state index in [-0.39, 0.29) is 23.8 Å². The number of aliphatic hydroxyl groups is 1. The number of hydrogen-bond donors (Lipinski definition) is 2. The Morgan fingerprint density at radius 2 is 1.70 bits per heavy atom. The first kappa shape index (κ1) is 15.3. The van der Waals surface area contributed by atoms with E-state index in [1.165, 1.54) is 0 Å². The molecular formula is C15H26N2O3. The smallest absolute Gasteiger partial charge is 0.223 e. The molecule has 2 amide bonds. The second-order valence-corrected chi connectivity index (χ2v) is 6.10.